The van der Waals surface area contributed by atoms with Gasteiger partial charge in [0.15, 0.2) is 0 Å². The molecule has 1 unspecified atom stereocenters. The molecule has 1 aromatic rings. The van der Waals surface area contributed by atoms with Gasteiger partial charge in [-0.15, -0.1) is 0 Å². The van der Waals surface area contributed by atoms with Gasteiger partial charge in [0.1, 0.15) is 5.75 Å². The van der Waals surface area contributed by atoms with E-state index in [2.05, 4.69) is 34.6 Å². The molecule has 84 valence electrons. The standard InChI is InChI=1S/C13H21OP/c1-12(2,3)13(4,5)15-14-11-9-7-6-8-10-11/h6-10,15H,1-5H3. The van der Waals surface area contributed by atoms with Crippen LogP contribution < -0.4 is 4.52 Å². The van der Waals surface area contributed by atoms with Crippen molar-refractivity contribution < 1.29 is 4.52 Å². The first-order valence-electron chi connectivity index (χ1n) is 5.32. The maximum Gasteiger partial charge on any atom is 0.122 e. The smallest absolute Gasteiger partial charge is 0.122 e. The molecule has 1 nitrogen and oxygen atoms in total. The molecule has 0 aromatic heterocycles. The second kappa shape index (κ2) is 4.53. The van der Waals surface area contributed by atoms with E-state index in [9.17, 15) is 0 Å². The lowest BCUT2D eigenvalue weighted by Crippen LogP contribution is -2.32. The average molecular weight is 224 g/mol. The average Bonchev–Trinajstić information content (AvgIpc) is 2.15. The van der Waals surface area contributed by atoms with E-state index >= 15 is 0 Å². The van der Waals surface area contributed by atoms with Crippen LogP contribution in [0.15, 0.2) is 30.3 Å². The van der Waals surface area contributed by atoms with Gasteiger partial charge in [0.25, 0.3) is 0 Å². The van der Waals surface area contributed by atoms with Crippen LogP contribution in [0.4, 0.5) is 0 Å². The minimum atomic E-state index is 0.197. The molecule has 0 heterocycles. The molecular weight excluding hydrogens is 203 g/mol. The number of hydrogen-bond acceptors (Lipinski definition) is 1. The molecule has 15 heavy (non-hydrogen) atoms. The van der Waals surface area contributed by atoms with Crippen molar-refractivity contribution in [1.29, 1.82) is 0 Å². The fourth-order valence-electron chi connectivity index (χ4n) is 0.828. The molecule has 0 aliphatic rings. The van der Waals surface area contributed by atoms with E-state index in [1.54, 1.807) is 0 Å². The Bertz CT molecular complexity index is 298. The zero-order valence-corrected chi connectivity index (χ0v) is 11.3. The molecule has 0 N–H and O–H groups in total. The highest BCUT2D eigenvalue weighted by molar-refractivity contribution is 7.34. The molecule has 0 spiro atoms. The lowest BCUT2D eigenvalue weighted by molar-refractivity contribution is 0.306. The second-order valence-corrected chi connectivity index (χ2v) is 7.05. The third-order valence-electron chi connectivity index (χ3n) is 3.04. The summed E-state index contributed by atoms with van der Waals surface area (Å²) in [7, 11) is 0.488. The van der Waals surface area contributed by atoms with Crippen LogP contribution in [-0.2, 0) is 0 Å². The predicted molar refractivity (Wildman–Crippen MR) is 68.9 cm³/mol. The van der Waals surface area contributed by atoms with Gasteiger partial charge >= 0.3 is 0 Å². The number of rotatable bonds is 3. The van der Waals surface area contributed by atoms with Crippen molar-refractivity contribution in [2.45, 2.75) is 39.8 Å². The van der Waals surface area contributed by atoms with Gasteiger partial charge in [0.05, 0.1) is 8.81 Å². The van der Waals surface area contributed by atoms with Crippen molar-refractivity contribution >= 4 is 8.81 Å². The van der Waals surface area contributed by atoms with E-state index < -0.39 is 0 Å². The maximum absolute atomic E-state index is 5.83. The van der Waals surface area contributed by atoms with E-state index in [-0.39, 0.29) is 10.6 Å². The number of hydrogen-bond donors (Lipinski definition) is 0. The topological polar surface area (TPSA) is 9.23 Å². The van der Waals surface area contributed by atoms with E-state index in [0.29, 0.717) is 8.81 Å². The predicted octanol–water partition coefficient (Wildman–Crippen LogP) is 4.48. The Morgan fingerprint density at radius 3 is 1.93 bits per heavy atom. The van der Waals surface area contributed by atoms with Crippen LogP contribution in [-0.4, -0.2) is 5.16 Å². The third-order valence-corrected chi connectivity index (χ3v) is 4.64. The van der Waals surface area contributed by atoms with Gasteiger partial charge in [0.2, 0.25) is 0 Å². The second-order valence-electron chi connectivity index (χ2n) is 5.39. The summed E-state index contributed by atoms with van der Waals surface area (Å²) in [6.07, 6.45) is 0. The fourth-order valence-corrected chi connectivity index (χ4v) is 1.64. The first-order valence-corrected chi connectivity index (χ1v) is 6.23. The summed E-state index contributed by atoms with van der Waals surface area (Å²) >= 11 is 0. The van der Waals surface area contributed by atoms with Gasteiger partial charge in [-0.3, -0.25) is 0 Å². The van der Waals surface area contributed by atoms with Crippen molar-refractivity contribution in [3.63, 3.8) is 0 Å². The Morgan fingerprint density at radius 2 is 1.47 bits per heavy atom. The Labute approximate surface area is 95.1 Å². The highest BCUT2D eigenvalue weighted by Crippen LogP contribution is 2.45. The molecular formula is C13H21OP. The minimum absolute atomic E-state index is 0.197. The molecule has 0 radical (unpaired) electrons. The largest absolute Gasteiger partial charge is 0.477 e. The Morgan fingerprint density at radius 1 is 0.933 bits per heavy atom. The van der Waals surface area contributed by atoms with Crippen LogP contribution in [0.3, 0.4) is 0 Å². The summed E-state index contributed by atoms with van der Waals surface area (Å²) in [5, 5.41) is 0.197. The first kappa shape index (κ1) is 12.5. The van der Waals surface area contributed by atoms with Crippen LogP contribution in [0.5, 0.6) is 5.75 Å². The van der Waals surface area contributed by atoms with Crippen LogP contribution in [0, 0.1) is 5.41 Å². The first-order chi connectivity index (χ1) is 6.83. The molecule has 1 rings (SSSR count). The van der Waals surface area contributed by atoms with Crippen LogP contribution in [0.2, 0.25) is 0 Å². The number of para-hydroxylation sites is 1. The molecule has 1 aromatic carbocycles. The van der Waals surface area contributed by atoms with Crippen LogP contribution in [0.1, 0.15) is 34.6 Å². The molecule has 0 fully saturated rings. The molecule has 1 atom stereocenters. The van der Waals surface area contributed by atoms with Crippen molar-refractivity contribution in [3.8, 4) is 5.75 Å². The minimum Gasteiger partial charge on any atom is -0.477 e. The van der Waals surface area contributed by atoms with E-state index in [1.807, 2.05) is 30.3 Å². The maximum atomic E-state index is 5.83. The van der Waals surface area contributed by atoms with Crippen molar-refractivity contribution in [2.75, 3.05) is 0 Å². The van der Waals surface area contributed by atoms with Gasteiger partial charge in [-0.05, 0) is 17.5 Å². The Hall–Kier alpha value is -0.550. The van der Waals surface area contributed by atoms with Crippen molar-refractivity contribution in [3.05, 3.63) is 30.3 Å². The molecule has 0 amide bonds. The SMILES string of the molecule is CC(C)(C)C(C)(C)POc1ccccc1. The van der Waals surface area contributed by atoms with Gasteiger partial charge in [-0.2, -0.15) is 0 Å². The van der Waals surface area contributed by atoms with Gasteiger partial charge < -0.3 is 4.52 Å². The summed E-state index contributed by atoms with van der Waals surface area (Å²) in [6, 6.07) is 10.0. The summed E-state index contributed by atoms with van der Waals surface area (Å²) in [5.41, 5.74) is 0.264. The summed E-state index contributed by atoms with van der Waals surface area (Å²) < 4.78 is 5.83. The summed E-state index contributed by atoms with van der Waals surface area (Å²) in [4.78, 5) is 0. The quantitative estimate of drug-likeness (QED) is 0.688. The zero-order valence-electron chi connectivity index (χ0n) is 10.3. The van der Waals surface area contributed by atoms with Crippen molar-refractivity contribution in [1.82, 2.24) is 0 Å². The fraction of sp³-hybridized carbons (Fsp3) is 0.538. The van der Waals surface area contributed by atoms with Gasteiger partial charge in [-0.25, -0.2) is 0 Å². The monoisotopic (exact) mass is 224 g/mol. The normalized spacial score (nSPS) is 13.4. The molecule has 0 saturated heterocycles. The van der Waals surface area contributed by atoms with E-state index in [1.165, 1.54) is 0 Å². The highest BCUT2D eigenvalue weighted by atomic mass is 31.1. The molecule has 0 bridgehead atoms. The Balaban J connectivity index is 2.58. The van der Waals surface area contributed by atoms with E-state index in [0.717, 1.165) is 5.75 Å². The molecule has 0 aliphatic carbocycles. The lowest BCUT2D eigenvalue weighted by atomic mass is 9.82. The van der Waals surface area contributed by atoms with Gasteiger partial charge in [0, 0.05) is 5.16 Å². The third kappa shape index (κ3) is 3.50. The lowest BCUT2D eigenvalue weighted by Gasteiger charge is -2.37. The highest BCUT2D eigenvalue weighted by Gasteiger charge is 2.34. The van der Waals surface area contributed by atoms with Crippen LogP contribution >= 0.6 is 8.81 Å². The van der Waals surface area contributed by atoms with Crippen LogP contribution in [0.25, 0.3) is 0 Å². The molecule has 2 heteroatoms. The van der Waals surface area contributed by atoms with Gasteiger partial charge in [-0.1, -0.05) is 52.8 Å². The molecule has 0 aliphatic heterocycles. The molecule has 0 saturated carbocycles. The summed E-state index contributed by atoms with van der Waals surface area (Å²) in [5.74, 6) is 0.966. The zero-order chi connectivity index (χ0) is 11.5. The summed E-state index contributed by atoms with van der Waals surface area (Å²) in [6.45, 7) is 11.3. The number of benzene rings is 1. The van der Waals surface area contributed by atoms with E-state index in [4.69, 9.17) is 4.52 Å². The Kier molecular flexibility index (Phi) is 3.78. The van der Waals surface area contributed by atoms with Crippen molar-refractivity contribution in [2.24, 2.45) is 5.41 Å².